The summed E-state index contributed by atoms with van der Waals surface area (Å²) in [4.78, 5) is 23.0. The van der Waals surface area contributed by atoms with E-state index < -0.39 is 11.9 Å². The van der Waals surface area contributed by atoms with Gasteiger partial charge in [-0.2, -0.15) is 0 Å². The lowest BCUT2D eigenvalue weighted by Gasteiger charge is -2.15. The molecule has 3 N–H and O–H groups in total. The lowest BCUT2D eigenvalue weighted by Crippen LogP contribution is -2.47. The first-order valence-electron chi connectivity index (χ1n) is 6.32. The first kappa shape index (κ1) is 16.1. The number of nitrogens with two attached hydrogens (primary N) is 1. The van der Waals surface area contributed by atoms with Gasteiger partial charge in [0.1, 0.15) is 12.6 Å². The fourth-order valence-electron chi connectivity index (χ4n) is 1.62. The molecular weight excluding hydrogens is 260 g/mol. The van der Waals surface area contributed by atoms with E-state index in [1.165, 1.54) is 0 Å². The van der Waals surface area contributed by atoms with Crippen molar-refractivity contribution in [3.05, 3.63) is 35.9 Å². The van der Waals surface area contributed by atoms with Crippen LogP contribution < -0.4 is 11.1 Å². The molecule has 20 heavy (non-hydrogen) atoms. The van der Waals surface area contributed by atoms with E-state index in [-0.39, 0.29) is 12.5 Å². The van der Waals surface area contributed by atoms with Crippen LogP contribution in [0, 0.1) is 0 Å². The molecule has 1 atom stereocenters. The number of hydrogen-bond acceptors (Lipinski definition) is 4. The molecule has 0 saturated carbocycles. The topological polar surface area (TPSA) is 90.7 Å². The van der Waals surface area contributed by atoms with Crippen LogP contribution in [-0.4, -0.2) is 44.8 Å². The Hall–Kier alpha value is -1.92. The molecule has 0 aliphatic heterocycles. The van der Waals surface area contributed by atoms with E-state index >= 15 is 0 Å². The molecule has 1 rings (SSSR count). The summed E-state index contributed by atoms with van der Waals surface area (Å²) in [7, 11) is 1.55. The summed E-state index contributed by atoms with van der Waals surface area (Å²) < 4.78 is 9.87. The molecule has 0 fully saturated rings. The molecule has 0 heterocycles. The van der Waals surface area contributed by atoms with E-state index in [0.717, 1.165) is 5.56 Å². The van der Waals surface area contributed by atoms with Gasteiger partial charge in [0, 0.05) is 13.5 Å². The Morgan fingerprint density at radius 3 is 2.55 bits per heavy atom. The maximum absolute atomic E-state index is 11.6. The summed E-state index contributed by atoms with van der Waals surface area (Å²) >= 11 is 0. The van der Waals surface area contributed by atoms with Crippen molar-refractivity contribution in [2.45, 2.75) is 12.5 Å². The second-order valence-corrected chi connectivity index (χ2v) is 4.26. The summed E-state index contributed by atoms with van der Waals surface area (Å²) in [5.74, 6) is -0.945. The van der Waals surface area contributed by atoms with Gasteiger partial charge in [-0.05, 0) is 5.56 Å². The highest BCUT2D eigenvalue weighted by atomic mass is 16.5. The average Bonchev–Trinajstić information content (AvgIpc) is 2.44. The van der Waals surface area contributed by atoms with Crippen molar-refractivity contribution >= 4 is 11.8 Å². The van der Waals surface area contributed by atoms with Crippen LogP contribution in [0.5, 0.6) is 0 Å². The van der Waals surface area contributed by atoms with Gasteiger partial charge in [-0.25, -0.2) is 0 Å². The van der Waals surface area contributed by atoms with Crippen molar-refractivity contribution in [2.24, 2.45) is 5.73 Å². The second-order valence-electron chi connectivity index (χ2n) is 4.26. The number of carbonyl (C=O) groups is 2. The standard InChI is InChI=1S/C14H20N2O4/c1-19-7-8-20-10-13(17)16-12(14(15)18)9-11-5-3-2-4-6-11/h2-6,12H,7-10H2,1H3,(H2,15,18)(H,16,17)/t12-/m0/s1. The third-order valence-electron chi connectivity index (χ3n) is 2.63. The molecule has 110 valence electrons. The molecule has 1 aromatic rings. The number of ether oxygens (including phenoxy) is 2. The van der Waals surface area contributed by atoms with Gasteiger partial charge in [0.2, 0.25) is 11.8 Å². The number of amides is 2. The molecule has 6 nitrogen and oxygen atoms in total. The summed E-state index contributed by atoms with van der Waals surface area (Å²) in [6.07, 6.45) is 0.361. The molecule has 0 bridgehead atoms. The molecule has 0 aliphatic carbocycles. The highest BCUT2D eigenvalue weighted by molar-refractivity contribution is 5.87. The van der Waals surface area contributed by atoms with Crippen LogP contribution >= 0.6 is 0 Å². The first-order valence-corrected chi connectivity index (χ1v) is 6.32. The van der Waals surface area contributed by atoms with Crippen molar-refractivity contribution in [3.63, 3.8) is 0 Å². The zero-order chi connectivity index (χ0) is 14.8. The fourth-order valence-corrected chi connectivity index (χ4v) is 1.62. The van der Waals surface area contributed by atoms with Crippen LogP contribution in [0.25, 0.3) is 0 Å². The van der Waals surface area contributed by atoms with E-state index in [1.54, 1.807) is 7.11 Å². The number of hydrogen-bond donors (Lipinski definition) is 2. The third-order valence-corrected chi connectivity index (χ3v) is 2.63. The van der Waals surface area contributed by atoms with Gasteiger partial charge in [-0.15, -0.1) is 0 Å². The van der Waals surface area contributed by atoms with Crippen LogP contribution in [0.1, 0.15) is 5.56 Å². The Balaban J connectivity index is 2.43. The van der Waals surface area contributed by atoms with Crippen LogP contribution in [0.4, 0.5) is 0 Å². The zero-order valence-electron chi connectivity index (χ0n) is 11.5. The molecule has 0 saturated heterocycles. The minimum Gasteiger partial charge on any atom is -0.382 e. The molecule has 0 spiro atoms. The zero-order valence-corrected chi connectivity index (χ0v) is 11.5. The number of methoxy groups -OCH3 is 1. The number of primary amides is 1. The fraction of sp³-hybridized carbons (Fsp3) is 0.429. The summed E-state index contributed by atoms with van der Waals surface area (Å²) in [5, 5.41) is 2.56. The van der Waals surface area contributed by atoms with Crippen molar-refractivity contribution in [2.75, 3.05) is 26.9 Å². The maximum Gasteiger partial charge on any atom is 0.246 e. The summed E-state index contributed by atoms with van der Waals surface area (Å²) in [6, 6.07) is 8.61. The highest BCUT2D eigenvalue weighted by Gasteiger charge is 2.18. The van der Waals surface area contributed by atoms with Crippen molar-refractivity contribution in [1.29, 1.82) is 0 Å². The molecular formula is C14H20N2O4. The summed E-state index contributed by atoms with van der Waals surface area (Å²) in [5.41, 5.74) is 6.22. The Labute approximate surface area is 118 Å². The lowest BCUT2D eigenvalue weighted by molar-refractivity contribution is -0.130. The van der Waals surface area contributed by atoms with Gasteiger partial charge >= 0.3 is 0 Å². The van der Waals surface area contributed by atoms with Gasteiger partial charge in [0.25, 0.3) is 0 Å². The van der Waals surface area contributed by atoms with Gasteiger partial charge in [0.15, 0.2) is 0 Å². The van der Waals surface area contributed by atoms with Crippen molar-refractivity contribution < 1.29 is 19.1 Å². The molecule has 1 aromatic carbocycles. The normalized spacial score (nSPS) is 11.8. The Morgan fingerprint density at radius 1 is 1.25 bits per heavy atom. The van der Waals surface area contributed by atoms with Crippen LogP contribution in [0.2, 0.25) is 0 Å². The molecule has 0 radical (unpaired) electrons. The predicted octanol–water partition coefficient (Wildman–Crippen LogP) is -0.138. The molecule has 0 aliphatic rings. The number of nitrogens with one attached hydrogen (secondary N) is 1. The van der Waals surface area contributed by atoms with Crippen molar-refractivity contribution in [3.8, 4) is 0 Å². The second kappa shape index (κ2) is 9.06. The van der Waals surface area contributed by atoms with Gasteiger partial charge in [-0.1, -0.05) is 30.3 Å². The Kier molecular flexibility index (Phi) is 7.31. The SMILES string of the molecule is COCCOCC(=O)N[C@@H](Cc1ccccc1)C(N)=O. The minimum atomic E-state index is -0.740. The molecule has 2 amide bonds. The molecule has 0 unspecified atom stereocenters. The average molecular weight is 280 g/mol. The predicted molar refractivity (Wildman–Crippen MR) is 74.0 cm³/mol. The van der Waals surface area contributed by atoms with Crippen LogP contribution in [-0.2, 0) is 25.5 Å². The maximum atomic E-state index is 11.6. The van der Waals surface area contributed by atoms with Gasteiger partial charge < -0.3 is 20.5 Å². The Bertz CT molecular complexity index is 422. The van der Waals surface area contributed by atoms with Crippen molar-refractivity contribution in [1.82, 2.24) is 5.32 Å². The monoisotopic (exact) mass is 280 g/mol. The quantitative estimate of drug-likeness (QED) is 0.616. The van der Waals surface area contributed by atoms with Gasteiger partial charge in [-0.3, -0.25) is 9.59 Å². The first-order chi connectivity index (χ1) is 9.63. The van der Waals surface area contributed by atoms with E-state index in [1.807, 2.05) is 30.3 Å². The van der Waals surface area contributed by atoms with E-state index in [0.29, 0.717) is 19.6 Å². The third kappa shape index (κ3) is 6.31. The number of carbonyl (C=O) groups excluding carboxylic acids is 2. The van der Waals surface area contributed by atoms with E-state index in [2.05, 4.69) is 5.32 Å². The minimum absolute atomic E-state index is 0.123. The number of rotatable bonds is 9. The largest absolute Gasteiger partial charge is 0.382 e. The van der Waals surface area contributed by atoms with E-state index in [9.17, 15) is 9.59 Å². The smallest absolute Gasteiger partial charge is 0.246 e. The van der Waals surface area contributed by atoms with Gasteiger partial charge in [0.05, 0.1) is 13.2 Å². The van der Waals surface area contributed by atoms with Crippen LogP contribution in [0.3, 0.4) is 0 Å². The molecule has 6 heteroatoms. The Morgan fingerprint density at radius 2 is 1.95 bits per heavy atom. The van der Waals surface area contributed by atoms with E-state index in [4.69, 9.17) is 15.2 Å². The lowest BCUT2D eigenvalue weighted by atomic mass is 10.1. The summed E-state index contributed by atoms with van der Waals surface area (Å²) in [6.45, 7) is 0.613. The number of benzene rings is 1. The highest BCUT2D eigenvalue weighted by Crippen LogP contribution is 2.03. The molecule has 0 aromatic heterocycles. The van der Waals surface area contributed by atoms with Crippen LogP contribution in [0.15, 0.2) is 30.3 Å².